The van der Waals surface area contributed by atoms with Gasteiger partial charge in [-0.3, -0.25) is 9.89 Å². The van der Waals surface area contributed by atoms with Gasteiger partial charge in [0.25, 0.3) is 0 Å². The average molecular weight is 554 g/mol. The van der Waals surface area contributed by atoms with E-state index in [9.17, 15) is 13.2 Å². The molecule has 0 amide bonds. The zero-order chi connectivity index (χ0) is 21.4. The summed E-state index contributed by atoms with van der Waals surface area (Å²) < 4.78 is 43.4. The van der Waals surface area contributed by atoms with E-state index in [4.69, 9.17) is 4.74 Å². The Bertz CT molecular complexity index is 690. The lowest BCUT2D eigenvalue weighted by Gasteiger charge is -2.32. The molecule has 0 aromatic heterocycles. The molecule has 0 radical (unpaired) electrons. The molecule has 9 heteroatoms. The predicted octanol–water partition coefficient (Wildman–Crippen LogP) is 4.42. The molecule has 176 valence electrons. The van der Waals surface area contributed by atoms with Gasteiger partial charge in [-0.25, -0.2) is 0 Å². The fourth-order valence-electron chi connectivity index (χ4n) is 3.76. The number of benzene rings is 1. The fraction of sp³-hybridized carbons (Fsp3) is 0.682. The number of likely N-dealkylation sites (tertiary alicyclic amines) is 1. The highest BCUT2D eigenvalue weighted by atomic mass is 127. The van der Waals surface area contributed by atoms with Crippen LogP contribution in [0.3, 0.4) is 0 Å². The number of nitrogens with one attached hydrogen (secondary N) is 2. The highest BCUT2D eigenvalue weighted by Gasteiger charge is 2.32. The minimum Gasteiger partial charge on any atom is -0.493 e. The van der Waals surface area contributed by atoms with Crippen LogP contribution in [0.15, 0.2) is 29.3 Å². The first kappa shape index (κ1) is 26.0. The molecule has 31 heavy (non-hydrogen) atoms. The third-order valence-corrected chi connectivity index (χ3v) is 5.77. The smallest absolute Gasteiger partial charge is 0.401 e. The van der Waals surface area contributed by atoms with E-state index < -0.39 is 12.7 Å². The zero-order valence-electron chi connectivity index (χ0n) is 18.1. The molecule has 0 spiro atoms. The Morgan fingerprint density at radius 3 is 2.45 bits per heavy atom. The van der Waals surface area contributed by atoms with E-state index in [2.05, 4.69) is 21.7 Å². The first-order chi connectivity index (χ1) is 14.4. The Morgan fingerprint density at radius 1 is 1.10 bits per heavy atom. The molecule has 5 nitrogen and oxygen atoms in total. The first-order valence-corrected chi connectivity index (χ1v) is 10.9. The minimum atomic E-state index is -4.10. The summed E-state index contributed by atoms with van der Waals surface area (Å²) in [7, 11) is 1.74. The summed E-state index contributed by atoms with van der Waals surface area (Å²) in [4.78, 5) is 5.78. The highest BCUT2D eigenvalue weighted by Crippen LogP contribution is 2.30. The maximum absolute atomic E-state index is 12.5. The van der Waals surface area contributed by atoms with Gasteiger partial charge in [-0.1, -0.05) is 18.2 Å². The van der Waals surface area contributed by atoms with Gasteiger partial charge in [0.2, 0.25) is 0 Å². The average Bonchev–Trinajstić information content (AvgIpc) is 3.54. The van der Waals surface area contributed by atoms with Gasteiger partial charge in [0.15, 0.2) is 5.96 Å². The van der Waals surface area contributed by atoms with E-state index >= 15 is 0 Å². The van der Waals surface area contributed by atoms with Crippen LogP contribution >= 0.6 is 24.0 Å². The topological polar surface area (TPSA) is 48.9 Å². The summed E-state index contributed by atoms with van der Waals surface area (Å²) in [5, 5.41) is 6.65. The van der Waals surface area contributed by atoms with Gasteiger partial charge in [0.05, 0.1) is 13.2 Å². The fourth-order valence-corrected chi connectivity index (χ4v) is 3.76. The van der Waals surface area contributed by atoms with Crippen molar-refractivity contribution >= 4 is 29.9 Å². The predicted molar refractivity (Wildman–Crippen MR) is 128 cm³/mol. The number of rotatable bonds is 9. The SMILES string of the molecule is CN=C(NCCC1CCN(CC(F)(F)F)CC1)NCc1ccccc1OCC1CC1.I. The van der Waals surface area contributed by atoms with Gasteiger partial charge >= 0.3 is 6.18 Å². The molecule has 0 bridgehead atoms. The van der Waals surface area contributed by atoms with Gasteiger partial charge in [-0.15, -0.1) is 24.0 Å². The quantitative estimate of drug-likeness (QED) is 0.270. The summed E-state index contributed by atoms with van der Waals surface area (Å²) in [6.07, 6.45) is 0.984. The molecular weight excluding hydrogens is 520 g/mol. The second-order valence-corrected chi connectivity index (χ2v) is 8.34. The number of nitrogens with zero attached hydrogens (tertiary/aromatic N) is 2. The van der Waals surface area contributed by atoms with Gasteiger partial charge in [-0.2, -0.15) is 13.2 Å². The van der Waals surface area contributed by atoms with Crippen LogP contribution in [0.5, 0.6) is 5.75 Å². The van der Waals surface area contributed by atoms with Crippen molar-refractivity contribution in [2.24, 2.45) is 16.8 Å². The molecule has 0 atom stereocenters. The molecular formula is C22H34F3IN4O. The van der Waals surface area contributed by atoms with Gasteiger partial charge < -0.3 is 15.4 Å². The van der Waals surface area contributed by atoms with E-state index in [0.29, 0.717) is 31.5 Å². The molecule has 1 aliphatic heterocycles. The van der Waals surface area contributed by atoms with Crippen molar-refractivity contribution in [2.45, 2.75) is 44.8 Å². The lowest BCUT2D eigenvalue weighted by atomic mass is 9.93. The number of guanidine groups is 1. The Balaban J connectivity index is 0.00000341. The maximum Gasteiger partial charge on any atom is 0.401 e. The number of aliphatic imine (C=N–C) groups is 1. The summed E-state index contributed by atoms with van der Waals surface area (Å²) in [6.45, 7) is 2.41. The van der Waals surface area contributed by atoms with Crippen LogP contribution in [0.25, 0.3) is 0 Å². The van der Waals surface area contributed by atoms with E-state index in [0.717, 1.165) is 49.7 Å². The molecule has 2 fully saturated rings. The van der Waals surface area contributed by atoms with E-state index in [1.54, 1.807) is 7.05 Å². The van der Waals surface area contributed by atoms with Crippen molar-refractivity contribution in [2.75, 3.05) is 39.8 Å². The van der Waals surface area contributed by atoms with Crippen molar-refractivity contribution in [3.63, 3.8) is 0 Å². The van der Waals surface area contributed by atoms with E-state index in [1.165, 1.54) is 17.7 Å². The summed E-state index contributed by atoms with van der Waals surface area (Å²) in [6, 6.07) is 8.04. The van der Waals surface area contributed by atoms with Crippen LogP contribution in [0, 0.1) is 11.8 Å². The molecule has 2 aliphatic rings. The highest BCUT2D eigenvalue weighted by molar-refractivity contribution is 14.0. The van der Waals surface area contributed by atoms with E-state index in [1.807, 2.05) is 18.2 Å². The van der Waals surface area contributed by atoms with Crippen LogP contribution in [0.1, 0.15) is 37.7 Å². The molecule has 1 saturated carbocycles. The second-order valence-electron chi connectivity index (χ2n) is 8.34. The number of hydrogen-bond donors (Lipinski definition) is 2. The van der Waals surface area contributed by atoms with Gasteiger partial charge in [0.1, 0.15) is 5.75 Å². The maximum atomic E-state index is 12.5. The number of halogens is 4. The largest absolute Gasteiger partial charge is 0.493 e. The molecule has 0 unspecified atom stereocenters. The minimum absolute atomic E-state index is 0. The van der Waals surface area contributed by atoms with Crippen LogP contribution in [0.4, 0.5) is 13.2 Å². The molecule has 2 N–H and O–H groups in total. The molecule has 1 aliphatic carbocycles. The monoisotopic (exact) mass is 554 g/mol. The Kier molecular flexibility index (Phi) is 10.7. The standard InChI is InChI=1S/C22H33F3N4O.HI/c1-26-21(27-11-8-17-9-12-29(13-10-17)16-22(23,24)25)28-14-19-4-2-3-5-20(19)30-15-18-6-7-18;/h2-5,17-18H,6-16H2,1H3,(H2,26,27,28);1H. The third-order valence-electron chi connectivity index (χ3n) is 5.77. The second kappa shape index (κ2) is 12.7. The zero-order valence-corrected chi connectivity index (χ0v) is 20.4. The normalized spacial score (nSPS) is 18.4. The first-order valence-electron chi connectivity index (χ1n) is 10.9. The van der Waals surface area contributed by atoms with Crippen molar-refractivity contribution in [3.8, 4) is 5.75 Å². The summed E-state index contributed by atoms with van der Waals surface area (Å²) >= 11 is 0. The van der Waals surface area contributed by atoms with Gasteiger partial charge in [0, 0.05) is 25.7 Å². The van der Waals surface area contributed by atoms with Crippen LogP contribution in [0.2, 0.25) is 0 Å². The van der Waals surface area contributed by atoms with Gasteiger partial charge in [-0.05, 0) is 63.1 Å². The Labute approximate surface area is 200 Å². The summed E-state index contributed by atoms with van der Waals surface area (Å²) in [5.41, 5.74) is 1.10. The number of para-hydroxylation sites is 1. The van der Waals surface area contributed by atoms with Crippen LogP contribution in [-0.2, 0) is 6.54 Å². The van der Waals surface area contributed by atoms with Crippen LogP contribution in [-0.4, -0.2) is 56.9 Å². The molecule has 3 rings (SSSR count). The lowest BCUT2D eigenvalue weighted by molar-refractivity contribution is -0.148. The Morgan fingerprint density at radius 2 is 1.81 bits per heavy atom. The lowest BCUT2D eigenvalue weighted by Crippen LogP contribution is -2.41. The van der Waals surface area contributed by atoms with Crippen LogP contribution < -0.4 is 15.4 Å². The number of ether oxygens (including phenoxy) is 1. The van der Waals surface area contributed by atoms with Crippen molar-refractivity contribution in [1.29, 1.82) is 0 Å². The van der Waals surface area contributed by atoms with E-state index in [-0.39, 0.29) is 24.0 Å². The third kappa shape index (κ3) is 9.84. The van der Waals surface area contributed by atoms with Crippen molar-refractivity contribution in [1.82, 2.24) is 15.5 Å². The van der Waals surface area contributed by atoms with Crippen molar-refractivity contribution in [3.05, 3.63) is 29.8 Å². The van der Waals surface area contributed by atoms with Crippen molar-refractivity contribution < 1.29 is 17.9 Å². The molecule has 1 aromatic rings. The summed E-state index contributed by atoms with van der Waals surface area (Å²) in [5.74, 6) is 2.80. The molecule has 1 saturated heterocycles. The Hall–Kier alpha value is -1.23. The number of hydrogen-bond acceptors (Lipinski definition) is 3. The molecule has 1 aromatic carbocycles. The molecule has 1 heterocycles. The number of alkyl halides is 3. The number of piperidine rings is 1.